The third-order valence-electron chi connectivity index (χ3n) is 3.15. The molecule has 0 unspecified atom stereocenters. The minimum Gasteiger partial charge on any atom is -0.331 e. The Kier molecular flexibility index (Phi) is 4.95. The number of nitrogens with one attached hydrogen (secondary N) is 3. The Morgan fingerprint density at radius 1 is 1.15 bits per heavy atom. The van der Waals surface area contributed by atoms with E-state index in [0.717, 1.165) is 12.1 Å². The fourth-order valence-corrected chi connectivity index (χ4v) is 2.38. The summed E-state index contributed by atoms with van der Waals surface area (Å²) in [7, 11) is 0. The number of hydrogen-bond acceptors (Lipinski definition) is 5. The standard InChI is InChI=1S/C14H10F3N7S2/c15-14(16,17)8-1-3-9(4-2-8)20-12(25)23-24-11(21-22-13(24)26)10-7-18-5-6-19-10/h1-7H,(H,22,26)(H2,20,23,25). The first-order valence-corrected chi connectivity index (χ1v) is 7.85. The van der Waals surface area contributed by atoms with Gasteiger partial charge in [-0.15, -0.1) is 0 Å². The summed E-state index contributed by atoms with van der Waals surface area (Å²) < 4.78 is 39.4. The monoisotopic (exact) mass is 397 g/mol. The molecular weight excluding hydrogens is 387 g/mol. The van der Waals surface area contributed by atoms with Crippen LogP contribution >= 0.6 is 24.4 Å². The normalized spacial score (nSPS) is 11.2. The topological polar surface area (TPSA) is 83.4 Å². The average Bonchev–Trinajstić information content (AvgIpc) is 2.96. The first-order valence-electron chi connectivity index (χ1n) is 7.03. The van der Waals surface area contributed by atoms with Crippen LogP contribution in [0.15, 0.2) is 42.9 Å². The van der Waals surface area contributed by atoms with E-state index < -0.39 is 11.7 Å². The lowest BCUT2D eigenvalue weighted by Gasteiger charge is -2.13. The fourth-order valence-electron chi connectivity index (χ4n) is 1.99. The predicted molar refractivity (Wildman–Crippen MR) is 95.5 cm³/mol. The van der Waals surface area contributed by atoms with Gasteiger partial charge in [0.2, 0.25) is 10.6 Å². The van der Waals surface area contributed by atoms with Crippen molar-refractivity contribution in [1.82, 2.24) is 24.8 Å². The summed E-state index contributed by atoms with van der Waals surface area (Å²) in [6.07, 6.45) is 0.109. The molecule has 26 heavy (non-hydrogen) atoms. The minimum absolute atomic E-state index is 0.104. The number of alkyl halides is 3. The Morgan fingerprint density at radius 3 is 2.50 bits per heavy atom. The Labute approximate surface area is 155 Å². The molecule has 1 aromatic carbocycles. The van der Waals surface area contributed by atoms with Crippen LogP contribution in [0.1, 0.15) is 5.56 Å². The number of H-pyrrole nitrogens is 1. The SMILES string of the molecule is FC(F)(F)c1ccc(NC(=S)Nn2c(-c3cnccn3)n[nH]c2=S)cc1. The van der Waals surface area contributed by atoms with E-state index >= 15 is 0 Å². The number of hydrogen-bond donors (Lipinski definition) is 3. The van der Waals surface area contributed by atoms with Crippen molar-refractivity contribution in [3.05, 3.63) is 53.2 Å². The van der Waals surface area contributed by atoms with Gasteiger partial charge in [-0.25, -0.2) is 14.8 Å². The number of anilines is 1. The summed E-state index contributed by atoms with van der Waals surface area (Å²) in [5, 5.41) is 9.53. The second-order valence-corrected chi connectivity index (χ2v) is 5.71. The van der Waals surface area contributed by atoms with Crippen LogP contribution in [0.25, 0.3) is 11.5 Å². The number of thiocarbonyl (C=S) groups is 1. The fraction of sp³-hybridized carbons (Fsp3) is 0.0714. The number of halogens is 3. The number of benzene rings is 1. The molecule has 0 aliphatic carbocycles. The second-order valence-electron chi connectivity index (χ2n) is 4.92. The van der Waals surface area contributed by atoms with Crippen molar-refractivity contribution in [2.45, 2.75) is 6.18 Å². The van der Waals surface area contributed by atoms with E-state index in [1.165, 1.54) is 35.4 Å². The maximum Gasteiger partial charge on any atom is 0.416 e. The molecule has 0 aliphatic rings. The Hall–Kier alpha value is -2.86. The zero-order valence-corrected chi connectivity index (χ0v) is 14.4. The van der Waals surface area contributed by atoms with Crippen LogP contribution in [0.2, 0.25) is 0 Å². The van der Waals surface area contributed by atoms with Gasteiger partial charge in [0.1, 0.15) is 5.69 Å². The maximum atomic E-state index is 12.6. The second kappa shape index (κ2) is 7.17. The number of aromatic amines is 1. The Bertz CT molecular complexity index is 965. The molecule has 0 radical (unpaired) electrons. The van der Waals surface area contributed by atoms with Gasteiger partial charge in [0.25, 0.3) is 0 Å². The molecule has 0 amide bonds. The molecule has 0 fully saturated rings. The van der Waals surface area contributed by atoms with Crippen molar-refractivity contribution in [2.24, 2.45) is 0 Å². The van der Waals surface area contributed by atoms with E-state index in [1.54, 1.807) is 0 Å². The van der Waals surface area contributed by atoms with Crippen LogP contribution in [0.5, 0.6) is 0 Å². The molecular formula is C14H10F3N7S2. The minimum atomic E-state index is -4.40. The van der Waals surface area contributed by atoms with Crippen molar-refractivity contribution in [2.75, 3.05) is 10.7 Å². The lowest BCUT2D eigenvalue weighted by Crippen LogP contribution is -2.28. The van der Waals surface area contributed by atoms with Crippen LogP contribution in [-0.2, 0) is 6.18 Å². The van der Waals surface area contributed by atoms with Gasteiger partial charge in [0.15, 0.2) is 5.11 Å². The highest BCUT2D eigenvalue weighted by Gasteiger charge is 2.29. The molecule has 7 nitrogen and oxygen atoms in total. The van der Waals surface area contributed by atoms with Crippen LogP contribution in [0.3, 0.4) is 0 Å². The van der Waals surface area contributed by atoms with Crippen molar-refractivity contribution in [3.8, 4) is 11.5 Å². The molecule has 0 saturated heterocycles. The molecule has 134 valence electrons. The number of nitrogens with zero attached hydrogens (tertiary/aromatic N) is 4. The first kappa shape index (κ1) is 17.9. The van der Waals surface area contributed by atoms with Crippen LogP contribution < -0.4 is 10.7 Å². The van der Waals surface area contributed by atoms with E-state index in [4.69, 9.17) is 24.4 Å². The molecule has 3 aromatic rings. The third kappa shape index (κ3) is 4.03. The summed E-state index contributed by atoms with van der Waals surface area (Å²) in [5.41, 5.74) is 2.88. The summed E-state index contributed by atoms with van der Waals surface area (Å²) in [6.45, 7) is 0. The average molecular weight is 397 g/mol. The molecule has 2 heterocycles. The van der Waals surface area contributed by atoms with E-state index in [0.29, 0.717) is 17.2 Å². The van der Waals surface area contributed by atoms with Crippen molar-refractivity contribution >= 4 is 35.2 Å². The van der Waals surface area contributed by atoms with Gasteiger partial charge in [-0.2, -0.15) is 18.3 Å². The predicted octanol–water partition coefficient (Wildman–Crippen LogP) is 3.36. The highest BCUT2D eigenvalue weighted by molar-refractivity contribution is 7.80. The smallest absolute Gasteiger partial charge is 0.331 e. The van der Waals surface area contributed by atoms with Crippen LogP contribution in [0.4, 0.5) is 18.9 Å². The molecule has 0 bridgehead atoms. The quantitative estimate of drug-likeness (QED) is 0.585. The van der Waals surface area contributed by atoms with Gasteiger partial charge < -0.3 is 5.32 Å². The summed E-state index contributed by atoms with van der Waals surface area (Å²) >= 11 is 10.3. The Morgan fingerprint density at radius 2 is 1.88 bits per heavy atom. The highest BCUT2D eigenvalue weighted by Crippen LogP contribution is 2.29. The molecule has 0 spiro atoms. The molecule has 0 aliphatic heterocycles. The molecule has 12 heteroatoms. The van der Waals surface area contributed by atoms with E-state index in [2.05, 4.69) is 30.9 Å². The summed E-state index contributed by atoms with van der Waals surface area (Å²) in [5.74, 6) is 0.347. The first-order chi connectivity index (χ1) is 12.3. The molecule has 0 atom stereocenters. The third-order valence-corrected chi connectivity index (χ3v) is 3.62. The lowest BCUT2D eigenvalue weighted by molar-refractivity contribution is -0.137. The lowest BCUT2D eigenvalue weighted by atomic mass is 10.2. The van der Waals surface area contributed by atoms with Gasteiger partial charge in [0.05, 0.1) is 11.8 Å². The van der Waals surface area contributed by atoms with E-state index in [9.17, 15) is 13.2 Å². The van der Waals surface area contributed by atoms with E-state index in [1.807, 2.05) is 0 Å². The maximum absolute atomic E-state index is 12.6. The molecule has 3 rings (SSSR count). The highest BCUT2D eigenvalue weighted by atomic mass is 32.1. The molecule has 3 N–H and O–H groups in total. The Balaban J connectivity index is 1.75. The number of aromatic nitrogens is 5. The molecule has 0 saturated carbocycles. The zero-order valence-electron chi connectivity index (χ0n) is 12.8. The van der Waals surface area contributed by atoms with Crippen LogP contribution in [-0.4, -0.2) is 30.0 Å². The van der Waals surface area contributed by atoms with Crippen LogP contribution in [0, 0.1) is 4.77 Å². The molecule has 2 aromatic heterocycles. The van der Waals surface area contributed by atoms with Crippen molar-refractivity contribution < 1.29 is 13.2 Å². The largest absolute Gasteiger partial charge is 0.416 e. The zero-order chi connectivity index (χ0) is 18.7. The summed E-state index contributed by atoms with van der Waals surface area (Å²) in [4.78, 5) is 8.08. The van der Waals surface area contributed by atoms with Gasteiger partial charge in [-0.3, -0.25) is 10.4 Å². The van der Waals surface area contributed by atoms with Gasteiger partial charge >= 0.3 is 6.18 Å². The van der Waals surface area contributed by atoms with Crippen molar-refractivity contribution in [3.63, 3.8) is 0 Å². The van der Waals surface area contributed by atoms with Gasteiger partial charge in [-0.1, -0.05) is 0 Å². The number of rotatable bonds is 3. The van der Waals surface area contributed by atoms with Gasteiger partial charge in [0, 0.05) is 18.1 Å². The summed E-state index contributed by atoms with van der Waals surface area (Å²) in [6, 6.07) is 4.46. The van der Waals surface area contributed by atoms with Crippen molar-refractivity contribution in [1.29, 1.82) is 0 Å². The van der Waals surface area contributed by atoms with Gasteiger partial charge in [-0.05, 0) is 48.7 Å². The van der Waals surface area contributed by atoms with E-state index in [-0.39, 0.29) is 9.88 Å².